The van der Waals surface area contributed by atoms with Gasteiger partial charge in [-0.15, -0.1) is 0 Å². The molecular formula is C33H38N8O2. The van der Waals surface area contributed by atoms with Gasteiger partial charge in [-0.3, -0.25) is 9.69 Å². The van der Waals surface area contributed by atoms with Crippen molar-refractivity contribution in [2.75, 3.05) is 23.7 Å². The summed E-state index contributed by atoms with van der Waals surface area (Å²) in [5.41, 5.74) is 3.70. The number of pyridine rings is 1. The number of hydrogen-bond donors (Lipinski definition) is 2. The van der Waals surface area contributed by atoms with Gasteiger partial charge in [0.25, 0.3) is 0 Å². The molecule has 6 rings (SSSR count). The molecule has 4 heterocycles. The van der Waals surface area contributed by atoms with Crippen LogP contribution >= 0.6 is 0 Å². The Labute approximate surface area is 252 Å². The summed E-state index contributed by atoms with van der Waals surface area (Å²) < 4.78 is 5.86. The summed E-state index contributed by atoms with van der Waals surface area (Å²) in [7, 11) is 0. The third-order valence-electron chi connectivity index (χ3n) is 8.08. The second kappa shape index (κ2) is 13.2. The van der Waals surface area contributed by atoms with Crippen LogP contribution in [0.15, 0.2) is 67.0 Å². The van der Waals surface area contributed by atoms with Crippen LogP contribution in [0.5, 0.6) is 0 Å². The molecule has 2 N–H and O–H groups in total. The minimum absolute atomic E-state index is 0.00667. The van der Waals surface area contributed by atoms with E-state index in [9.17, 15) is 4.79 Å². The number of esters is 1. The molecule has 43 heavy (non-hydrogen) atoms. The van der Waals surface area contributed by atoms with Gasteiger partial charge in [0.05, 0.1) is 5.92 Å². The van der Waals surface area contributed by atoms with Crippen LogP contribution < -0.4 is 10.6 Å². The SMILES string of the molecule is Cc1cccc(-c2nccc(Nc3ccnc(Nc4ccc(CN5CC(C(=O)O[C@H]6CCCC(C)CC6)C5)cc4)n3)n2)n1. The molecule has 0 bridgehead atoms. The zero-order chi connectivity index (χ0) is 29.6. The topological polar surface area (TPSA) is 118 Å². The van der Waals surface area contributed by atoms with Crippen molar-refractivity contribution in [3.8, 4) is 11.5 Å². The molecule has 1 aliphatic carbocycles. The molecule has 1 saturated carbocycles. The first-order chi connectivity index (χ1) is 21.0. The lowest BCUT2D eigenvalue weighted by Gasteiger charge is -2.38. The normalized spacial score (nSPS) is 19.2. The third-order valence-corrected chi connectivity index (χ3v) is 8.08. The highest BCUT2D eigenvalue weighted by molar-refractivity contribution is 5.74. The number of carbonyl (C=O) groups excluding carboxylic acids is 1. The van der Waals surface area contributed by atoms with E-state index in [2.05, 4.69) is 59.5 Å². The van der Waals surface area contributed by atoms with Crippen molar-refractivity contribution >= 4 is 29.2 Å². The first-order valence-electron chi connectivity index (χ1n) is 15.1. The van der Waals surface area contributed by atoms with Crippen LogP contribution in [0.2, 0.25) is 0 Å². The number of ether oxygens (including phenoxy) is 1. The molecule has 0 radical (unpaired) electrons. The average Bonchev–Trinajstić information content (AvgIpc) is 3.19. The van der Waals surface area contributed by atoms with Crippen LogP contribution in [-0.2, 0) is 16.1 Å². The molecule has 1 aliphatic heterocycles. The second-order valence-corrected chi connectivity index (χ2v) is 11.7. The lowest BCUT2D eigenvalue weighted by atomic mass is 9.99. The molecule has 1 saturated heterocycles. The highest BCUT2D eigenvalue weighted by Crippen LogP contribution is 2.27. The van der Waals surface area contributed by atoms with Gasteiger partial charge in [-0.05, 0) is 80.5 Å². The number of nitrogens with one attached hydrogen (secondary N) is 2. The van der Waals surface area contributed by atoms with Crippen LogP contribution in [-0.4, -0.2) is 55.0 Å². The number of carbonyl (C=O) groups is 1. The number of hydrogen-bond acceptors (Lipinski definition) is 10. The molecule has 0 amide bonds. The van der Waals surface area contributed by atoms with Crippen LogP contribution in [0.3, 0.4) is 0 Å². The Kier molecular flexibility index (Phi) is 8.83. The molecule has 0 spiro atoms. The summed E-state index contributed by atoms with van der Waals surface area (Å²) in [6.45, 7) is 6.55. The van der Waals surface area contributed by atoms with Gasteiger partial charge in [0.15, 0.2) is 5.82 Å². The van der Waals surface area contributed by atoms with E-state index in [0.717, 1.165) is 62.6 Å². The number of aryl methyl sites for hydroxylation is 1. The van der Waals surface area contributed by atoms with E-state index in [-0.39, 0.29) is 18.0 Å². The standard InChI is InChI=1S/C33H38N8O2/c1-22-5-3-7-27(14-9-22)43-32(42)25-20-41(21-25)19-24-10-12-26(13-11-24)37-33-35-18-16-30(40-33)38-29-15-17-34-31(39-29)28-8-4-6-23(2)36-28/h4,6,8,10-13,15-18,22,25,27H,3,5,7,9,14,19-21H2,1-2H3,(H2,34,35,37,38,39,40)/t22?,27-/m0/s1. The van der Waals surface area contributed by atoms with Gasteiger partial charge in [-0.25, -0.2) is 19.9 Å². The molecule has 4 aromatic rings. The minimum atomic E-state index is -0.0180. The van der Waals surface area contributed by atoms with E-state index >= 15 is 0 Å². The number of benzene rings is 1. The Morgan fingerprint density at radius 3 is 2.49 bits per heavy atom. The first-order valence-corrected chi connectivity index (χ1v) is 15.1. The maximum atomic E-state index is 12.6. The van der Waals surface area contributed by atoms with Crippen molar-refractivity contribution in [2.45, 2.75) is 58.6 Å². The van der Waals surface area contributed by atoms with Gasteiger partial charge in [0, 0.05) is 43.4 Å². The lowest BCUT2D eigenvalue weighted by Crippen LogP contribution is -2.50. The van der Waals surface area contributed by atoms with Crippen molar-refractivity contribution in [1.29, 1.82) is 0 Å². The fourth-order valence-electron chi connectivity index (χ4n) is 5.60. The molecule has 1 aromatic carbocycles. The minimum Gasteiger partial charge on any atom is -0.462 e. The highest BCUT2D eigenvalue weighted by Gasteiger charge is 2.35. The summed E-state index contributed by atoms with van der Waals surface area (Å²) in [5, 5.41) is 6.50. The first kappa shape index (κ1) is 28.7. The van der Waals surface area contributed by atoms with Gasteiger partial charge in [0.2, 0.25) is 5.95 Å². The van der Waals surface area contributed by atoms with Gasteiger partial charge in [-0.2, -0.15) is 4.98 Å². The van der Waals surface area contributed by atoms with Gasteiger partial charge >= 0.3 is 5.97 Å². The number of likely N-dealkylation sites (tertiary alicyclic amines) is 1. The summed E-state index contributed by atoms with van der Waals surface area (Å²) in [6.07, 6.45) is 9.07. The van der Waals surface area contributed by atoms with Crippen molar-refractivity contribution in [1.82, 2.24) is 29.8 Å². The molecule has 1 unspecified atom stereocenters. The van der Waals surface area contributed by atoms with E-state index in [1.165, 1.54) is 12.0 Å². The van der Waals surface area contributed by atoms with E-state index in [0.29, 0.717) is 29.1 Å². The molecular weight excluding hydrogens is 540 g/mol. The number of anilines is 4. The Morgan fingerprint density at radius 1 is 0.884 bits per heavy atom. The van der Waals surface area contributed by atoms with Crippen molar-refractivity contribution in [3.05, 3.63) is 78.2 Å². The zero-order valence-electron chi connectivity index (χ0n) is 24.7. The van der Waals surface area contributed by atoms with Crippen LogP contribution in [0.4, 0.5) is 23.3 Å². The molecule has 2 atom stereocenters. The fraction of sp³-hybridized carbons (Fsp3) is 0.394. The maximum Gasteiger partial charge on any atom is 0.311 e. The Morgan fingerprint density at radius 2 is 1.67 bits per heavy atom. The van der Waals surface area contributed by atoms with E-state index in [4.69, 9.17) is 4.74 Å². The third kappa shape index (κ3) is 7.70. The predicted molar refractivity (Wildman–Crippen MR) is 166 cm³/mol. The maximum absolute atomic E-state index is 12.6. The average molecular weight is 579 g/mol. The number of nitrogens with zero attached hydrogens (tertiary/aromatic N) is 6. The molecule has 222 valence electrons. The van der Waals surface area contributed by atoms with E-state index in [1.54, 1.807) is 24.5 Å². The lowest BCUT2D eigenvalue weighted by molar-refractivity contribution is -0.161. The van der Waals surface area contributed by atoms with E-state index in [1.807, 2.05) is 37.3 Å². The van der Waals surface area contributed by atoms with Gasteiger partial charge in [-0.1, -0.05) is 31.5 Å². The van der Waals surface area contributed by atoms with Crippen molar-refractivity contribution in [3.63, 3.8) is 0 Å². The zero-order valence-corrected chi connectivity index (χ0v) is 24.7. The quantitative estimate of drug-likeness (QED) is 0.179. The van der Waals surface area contributed by atoms with Crippen molar-refractivity contribution in [2.24, 2.45) is 11.8 Å². The summed E-state index contributed by atoms with van der Waals surface area (Å²) in [6, 6.07) is 17.5. The van der Waals surface area contributed by atoms with Gasteiger partial charge < -0.3 is 15.4 Å². The Bertz CT molecular complexity index is 1540. The summed E-state index contributed by atoms with van der Waals surface area (Å²) >= 11 is 0. The summed E-state index contributed by atoms with van der Waals surface area (Å²) in [4.78, 5) is 37.3. The molecule has 2 fully saturated rings. The molecule has 2 aliphatic rings. The Balaban J connectivity index is 0.984. The van der Waals surface area contributed by atoms with E-state index < -0.39 is 0 Å². The molecule has 10 heteroatoms. The monoisotopic (exact) mass is 578 g/mol. The van der Waals surface area contributed by atoms with Crippen LogP contribution in [0.25, 0.3) is 11.5 Å². The fourth-order valence-corrected chi connectivity index (χ4v) is 5.60. The molecule has 10 nitrogen and oxygen atoms in total. The van der Waals surface area contributed by atoms with Crippen LogP contribution in [0.1, 0.15) is 50.3 Å². The summed E-state index contributed by atoms with van der Waals surface area (Å²) in [5.74, 6) is 2.95. The highest BCUT2D eigenvalue weighted by atomic mass is 16.5. The predicted octanol–water partition coefficient (Wildman–Crippen LogP) is 6.07. The van der Waals surface area contributed by atoms with Gasteiger partial charge in [0.1, 0.15) is 23.4 Å². The number of rotatable bonds is 9. The van der Waals surface area contributed by atoms with Crippen LogP contribution in [0, 0.1) is 18.8 Å². The second-order valence-electron chi connectivity index (χ2n) is 11.7. The Hall–Kier alpha value is -4.44. The smallest absolute Gasteiger partial charge is 0.311 e. The molecule has 3 aromatic heterocycles. The largest absolute Gasteiger partial charge is 0.462 e. The number of aromatic nitrogens is 5. The van der Waals surface area contributed by atoms with Crippen molar-refractivity contribution < 1.29 is 9.53 Å².